The van der Waals surface area contributed by atoms with E-state index in [0.29, 0.717) is 0 Å². The molecule has 2 aromatic heterocycles. The zero-order valence-electron chi connectivity index (χ0n) is 16.7. The van der Waals surface area contributed by atoms with E-state index in [2.05, 4.69) is 50.2 Å². The highest BCUT2D eigenvalue weighted by Gasteiger charge is 2.12. The normalized spacial score (nSPS) is 11.3. The predicted octanol–water partition coefficient (Wildman–Crippen LogP) is 6.63. The zero-order chi connectivity index (χ0) is 21.0. The standard InChI is InChI=1S/C25H18N2O3S/c1-28-29-30-31-19-9-7-18(8-10-19)21-14-16-27-25-23(21)12-11-22-20(13-15-26-24(22)25)17-5-3-2-4-6-17/h2-16H,1H3. The Balaban J connectivity index is 1.59. The van der Waals surface area contributed by atoms with Gasteiger partial charge in [-0.3, -0.25) is 9.97 Å². The van der Waals surface area contributed by atoms with Crippen LogP contribution in [0, 0.1) is 0 Å². The maximum atomic E-state index is 4.86. The summed E-state index contributed by atoms with van der Waals surface area (Å²) in [5, 5.41) is 6.59. The quantitative estimate of drug-likeness (QED) is 0.0998. The van der Waals surface area contributed by atoms with Gasteiger partial charge in [0.2, 0.25) is 0 Å². The van der Waals surface area contributed by atoms with Crippen LogP contribution >= 0.6 is 12.0 Å². The number of aromatic nitrogens is 2. The minimum Gasteiger partial charge on any atom is -0.254 e. The fraction of sp³-hybridized carbons (Fsp3) is 0.0400. The second kappa shape index (κ2) is 8.83. The van der Waals surface area contributed by atoms with Gasteiger partial charge in [-0.25, -0.2) is 4.89 Å². The SMILES string of the molecule is COOOSc1ccc(-c2ccnc3c2ccc2c(-c4ccccc4)ccnc23)cc1. The van der Waals surface area contributed by atoms with E-state index in [1.54, 1.807) is 0 Å². The molecule has 2 heterocycles. The lowest BCUT2D eigenvalue weighted by molar-refractivity contribution is -0.447. The van der Waals surface area contributed by atoms with Gasteiger partial charge in [-0.1, -0.05) is 59.6 Å². The predicted molar refractivity (Wildman–Crippen MR) is 123 cm³/mol. The summed E-state index contributed by atoms with van der Waals surface area (Å²) in [6.45, 7) is 0. The second-order valence-electron chi connectivity index (χ2n) is 6.85. The molecule has 0 N–H and O–H groups in total. The van der Waals surface area contributed by atoms with Crippen molar-refractivity contribution in [1.82, 2.24) is 9.97 Å². The third-order valence-corrected chi connectivity index (χ3v) is 5.69. The minimum absolute atomic E-state index is 0.892. The zero-order valence-corrected chi connectivity index (χ0v) is 17.5. The molecule has 6 heteroatoms. The van der Waals surface area contributed by atoms with E-state index in [0.717, 1.165) is 61.0 Å². The lowest BCUT2D eigenvalue weighted by Gasteiger charge is -2.11. The molecule has 5 rings (SSSR count). The van der Waals surface area contributed by atoms with Crippen LogP contribution in [0.1, 0.15) is 0 Å². The van der Waals surface area contributed by atoms with Gasteiger partial charge in [0.05, 0.1) is 30.2 Å². The first-order valence-corrected chi connectivity index (χ1v) is 10.5. The summed E-state index contributed by atoms with van der Waals surface area (Å²) in [5.41, 5.74) is 6.30. The van der Waals surface area contributed by atoms with E-state index in [9.17, 15) is 0 Å². The molecule has 0 amide bonds. The Labute approximate surface area is 183 Å². The molecule has 152 valence electrons. The van der Waals surface area contributed by atoms with Crippen molar-refractivity contribution >= 4 is 33.8 Å². The molecule has 0 aliphatic rings. The van der Waals surface area contributed by atoms with Crippen molar-refractivity contribution in [2.45, 2.75) is 4.90 Å². The lowest BCUT2D eigenvalue weighted by Crippen LogP contribution is -1.90. The first-order chi connectivity index (χ1) is 15.3. The summed E-state index contributed by atoms with van der Waals surface area (Å²) in [6, 6.07) is 26.7. The van der Waals surface area contributed by atoms with Crippen LogP contribution in [0.4, 0.5) is 0 Å². The van der Waals surface area contributed by atoms with Gasteiger partial charge >= 0.3 is 0 Å². The molecule has 31 heavy (non-hydrogen) atoms. The number of hydrogen-bond donors (Lipinski definition) is 0. The third-order valence-electron chi connectivity index (χ3n) is 5.10. The Kier molecular flexibility index (Phi) is 5.60. The maximum absolute atomic E-state index is 4.86. The van der Waals surface area contributed by atoms with Crippen LogP contribution in [0.15, 0.2) is 96.2 Å². The second-order valence-corrected chi connectivity index (χ2v) is 7.63. The molecule has 5 nitrogen and oxygen atoms in total. The number of fused-ring (bicyclic) bond motifs is 3. The Morgan fingerprint density at radius 3 is 1.81 bits per heavy atom. The molecule has 0 bridgehead atoms. The topological polar surface area (TPSA) is 53.5 Å². The first kappa shape index (κ1) is 19.7. The van der Waals surface area contributed by atoms with Crippen molar-refractivity contribution in [1.29, 1.82) is 0 Å². The smallest absolute Gasteiger partial charge is 0.0970 e. The van der Waals surface area contributed by atoms with Gasteiger partial charge in [-0.2, -0.15) is 0 Å². The van der Waals surface area contributed by atoms with Crippen LogP contribution in [-0.4, -0.2) is 17.1 Å². The molecule has 0 radical (unpaired) electrons. The Morgan fingerprint density at radius 2 is 1.23 bits per heavy atom. The van der Waals surface area contributed by atoms with Crippen molar-refractivity contribution in [3.8, 4) is 22.3 Å². The first-order valence-electron chi connectivity index (χ1n) is 9.71. The van der Waals surface area contributed by atoms with Crippen molar-refractivity contribution in [3.05, 3.63) is 91.3 Å². The van der Waals surface area contributed by atoms with Crippen molar-refractivity contribution < 1.29 is 14.3 Å². The average molecular weight is 426 g/mol. The molecule has 0 fully saturated rings. The number of benzene rings is 3. The molecule has 0 saturated heterocycles. The summed E-state index contributed by atoms with van der Waals surface area (Å²) in [4.78, 5) is 14.7. The van der Waals surface area contributed by atoms with Gasteiger partial charge in [0.15, 0.2) is 0 Å². The molecule has 0 saturated carbocycles. The molecule has 0 aliphatic carbocycles. The third kappa shape index (κ3) is 3.89. The van der Waals surface area contributed by atoms with Gasteiger partial charge in [-0.15, -0.1) is 4.33 Å². The largest absolute Gasteiger partial charge is 0.254 e. The van der Waals surface area contributed by atoms with Gasteiger partial charge in [0, 0.05) is 28.1 Å². The van der Waals surface area contributed by atoms with E-state index in [1.807, 2.05) is 60.9 Å². The summed E-state index contributed by atoms with van der Waals surface area (Å²) >= 11 is 1.08. The van der Waals surface area contributed by atoms with Gasteiger partial charge in [-0.05, 0) is 46.5 Å². The van der Waals surface area contributed by atoms with Crippen molar-refractivity contribution in [2.24, 2.45) is 0 Å². The van der Waals surface area contributed by atoms with E-state index < -0.39 is 0 Å². The highest BCUT2D eigenvalue weighted by atomic mass is 32.2. The lowest BCUT2D eigenvalue weighted by atomic mass is 9.96. The van der Waals surface area contributed by atoms with Crippen LogP contribution in [0.2, 0.25) is 0 Å². The molecule has 0 aliphatic heterocycles. The highest BCUT2D eigenvalue weighted by Crippen LogP contribution is 2.35. The summed E-state index contributed by atoms with van der Waals surface area (Å²) < 4.78 is 4.86. The number of hydrogen-bond acceptors (Lipinski definition) is 6. The van der Waals surface area contributed by atoms with Crippen LogP contribution < -0.4 is 0 Å². The maximum Gasteiger partial charge on any atom is 0.0970 e. The number of rotatable bonds is 6. The van der Waals surface area contributed by atoms with E-state index in [4.69, 9.17) is 4.33 Å². The molecular weight excluding hydrogens is 408 g/mol. The van der Waals surface area contributed by atoms with Crippen LogP contribution in [0.5, 0.6) is 0 Å². The van der Waals surface area contributed by atoms with Gasteiger partial charge < -0.3 is 0 Å². The van der Waals surface area contributed by atoms with Crippen LogP contribution in [0.3, 0.4) is 0 Å². The minimum atomic E-state index is 0.892. The fourth-order valence-corrected chi connectivity index (χ4v) is 4.13. The average Bonchev–Trinajstić information content (AvgIpc) is 2.84. The summed E-state index contributed by atoms with van der Waals surface area (Å²) in [7, 11) is 1.39. The summed E-state index contributed by atoms with van der Waals surface area (Å²) in [6.07, 6.45) is 3.69. The van der Waals surface area contributed by atoms with Crippen LogP contribution in [-0.2, 0) is 14.3 Å². The van der Waals surface area contributed by atoms with E-state index in [1.165, 1.54) is 7.11 Å². The van der Waals surface area contributed by atoms with Crippen LogP contribution in [0.25, 0.3) is 44.1 Å². The molecule has 0 spiro atoms. The van der Waals surface area contributed by atoms with Gasteiger partial charge in [0.1, 0.15) is 0 Å². The van der Waals surface area contributed by atoms with Crippen molar-refractivity contribution in [2.75, 3.05) is 7.11 Å². The van der Waals surface area contributed by atoms with E-state index in [-0.39, 0.29) is 0 Å². The van der Waals surface area contributed by atoms with E-state index >= 15 is 0 Å². The van der Waals surface area contributed by atoms with Gasteiger partial charge in [0.25, 0.3) is 0 Å². The highest BCUT2D eigenvalue weighted by molar-refractivity contribution is 7.94. The van der Waals surface area contributed by atoms with Crippen molar-refractivity contribution in [3.63, 3.8) is 0 Å². The monoisotopic (exact) mass is 426 g/mol. The molecule has 5 aromatic rings. The molecular formula is C25H18N2O3S. The Morgan fingerprint density at radius 1 is 0.645 bits per heavy atom. The number of pyridine rings is 2. The number of nitrogens with zero attached hydrogens (tertiary/aromatic N) is 2. The molecule has 0 atom stereocenters. The Hall–Kier alpha value is -3.29. The molecule has 0 unspecified atom stereocenters. The molecule has 3 aromatic carbocycles. The Bertz CT molecular complexity index is 1340. The summed E-state index contributed by atoms with van der Waals surface area (Å²) in [5.74, 6) is 0. The fourth-order valence-electron chi connectivity index (χ4n) is 3.72.